The van der Waals surface area contributed by atoms with Crippen molar-refractivity contribution in [1.29, 1.82) is 0 Å². The van der Waals surface area contributed by atoms with Crippen LogP contribution in [-0.2, 0) is 17.6 Å². The van der Waals surface area contributed by atoms with Crippen molar-refractivity contribution >= 4 is 40.2 Å². The molecule has 0 saturated carbocycles. The molecule has 0 fully saturated rings. The SMILES string of the molecule is O=C(Cc1cccs1)Nc1ccc(NCCc2cccc(Cl)c2)cc1. The lowest BCUT2D eigenvalue weighted by atomic mass is 10.1. The van der Waals surface area contributed by atoms with Crippen LogP contribution >= 0.6 is 22.9 Å². The van der Waals surface area contributed by atoms with E-state index in [1.54, 1.807) is 11.3 Å². The van der Waals surface area contributed by atoms with Crippen LogP contribution in [0.1, 0.15) is 10.4 Å². The van der Waals surface area contributed by atoms with Crippen LogP contribution in [-0.4, -0.2) is 12.5 Å². The molecule has 3 aromatic rings. The zero-order valence-corrected chi connectivity index (χ0v) is 15.2. The molecule has 0 saturated heterocycles. The molecule has 0 atom stereocenters. The highest BCUT2D eigenvalue weighted by Gasteiger charge is 2.05. The summed E-state index contributed by atoms with van der Waals surface area (Å²) in [5, 5.41) is 9.04. The number of hydrogen-bond acceptors (Lipinski definition) is 3. The monoisotopic (exact) mass is 370 g/mol. The standard InChI is InChI=1S/C20H19ClN2OS/c21-16-4-1-3-15(13-16)10-11-22-17-6-8-18(9-7-17)23-20(24)14-19-5-2-12-25-19/h1-9,12-13,22H,10-11,14H2,(H,23,24). The van der Waals surface area contributed by atoms with Crippen molar-refractivity contribution in [2.45, 2.75) is 12.8 Å². The van der Waals surface area contributed by atoms with Crippen LogP contribution in [0, 0.1) is 0 Å². The fourth-order valence-electron chi connectivity index (χ4n) is 2.49. The largest absolute Gasteiger partial charge is 0.385 e. The van der Waals surface area contributed by atoms with Crippen molar-refractivity contribution in [3.05, 3.63) is 81.5 Å². The van der Waals surface area contributed by atoms with E-state index < -0.39 is 0 Å². The van der Waals surface area contributed by atoms with Crippen LogP contribution in [0.2, 0.25) is 5.02 Å². The Balaban J connectivity index is 1.46. The molecule has 0 bridgehead atoms. The van der Waals surface area contributed by atoms with E-state index in [4.69, 9.17) is 11.6 Å². The first kappa shape index (κ1) is 17.5. The van der Waals surface area contributed by atoms with Crippen molar-refractivity contribution in [3.63, 3.8) is 0 Å². The average Bonchev–Trinajstić information content (AvgIpc) is 3.09. The molecule has 0 aliphatic heterocycles. The lowest BCUT2D eigenvalue weighted by molar-refractivity contribution is -0.115. The molecule has 0 radical (unpaired) electrons. The first-order valence-electron chi connectivity index (χ1n) is 8.10. The smallest absolute Gasteiger partial charge is 0.229 e. The van der Waals surface area contributed by atoms with Crippen molar-refractivity contribution in [1.82, 2.24) is 0 Å². The summed E-state index contributed by atoms with van der Waals surface area (Å²) in [6, 6.07) is 19.6. The van der Waals surface area contributed by atoms with E-state index in [1.165, 1.54) is 5.56 Å². The molecule has 1 heterocycles. The minimum atomic E-state index is 0.00381. The first-order valence-corrected chi connectivity index (χ1v) is 9.35. The summed E-state index contributed by atoms with van der Waals surface area (Å²) in [5.41, 5.74) is 3.04. The number of thiophene rings is 1. The molecule has 2 N–H and O–H groups in total. The minimum Gasteiger partial charge on any atom is -0.385 e. The number of benzene rings is 2. The molecule has 1 amide bonds. The summed E-state index contributed by atoms with van der Waals surface area (Å²) in [5.74, 6) is 0.00381. The van der Waals surface area contributed by atoms with Crippen LogP contribution in [0.5, 0.6) is 0 Å². The molecule has 0 aliphatic rings. The second kappa shape index (κ2) is 8.70. The van der Waals surface area contributed by atoms with Gasteiger partial charge in [-0.2, -0.15) is 0 Å². The third-order valence-electron chi connectivity index (χ3n) is 3.72. The van der Waals surface area contributed by atoms with Gasteiger partial charge in [0.25, 0.3) is 0 Å². The van der Waals surface area contributed by atoms with Crippen LogP contribution in [0.3, 0.4) is 0 Å². The summed E-state index contributed by atoms with van der Waals surface area (Å²) in [4.78, 5) is 13.1. The predicted molar refractivity (Wildman–Crippen MR) is 107 cm³/mol. The number of carbonyl (C=O) groups is 1. The van der Waals surface area contributed by atoms with E-state index in [0.29, 0.717) is 6.42 Å². The number of nitrogens with one attached hydrogen (secondary N) is 2. The quantitative estimate of drug-likeness (QED) is 0.597. The zero-order chi connectivity index (χ0) is 17.5. The van der Waals surface area contributed by atoms with Gasteiger partial charge in [0, 0.05) is 27.8 Å². The normalized spacial score (nSPS) is 10.4. The highest BCUT2D eigenvalue weighted by Crippen LogP contribution is 2.16. The number of anilines is 2. The summed E-state index contributed by atoms with van der Waals surface area (Å²) in [7, 11) is 0. The van der Waals surface area contributed by atoms with Gasteiger partial charge < -0.3 is 10.6 Å². The summed E-state index contributed by atoms with van der Waals surface area (Å²) >= 11 is 7.58. The maximum absolute atomic E-state index is 12.0. The molecule has 0 spiro atoms. The molecule has 25 heavy (non-hydrogen) atoms. The Morgan fingerprint density at radius 2 is 1.80 bits per heavy atom. The van der Waals surface area contributed by atoms with Gasteiger partial charge in [0.2, 0.25) is 5.91 Å². The van der Waals surface area contributed by atoms with E-state index in [1.807, 2.05) is 60.0 Å². The molecule has 5 heteroatoms. The Morgan fingerprint density at radius 3 is 2.52 bits per heavy atom. The van der Waals surface area contributed by atoms with E-state index in [2.05, 4.69) is 16.7 Å². The van der Waals surface area contributed by atoms with Crippen molar-refractivity contribution in [3.8, 4) is 0 Å². The van der Waals surface area contributed by atoms with Gasteiger partial charge in [-0.3, -0.25) is 4.79 Å². The zero-order valence-electron chi connectivity index (χ0n) is 13.7. The second-order valence-electron chi connectivity index (χ2n) is 5.69. The van der Waals surface area contributed by atoms with Crippen LogP contribution in [0.25, 0.3) is 0 Å². The number of hydrogen-bond donors (Lipinski definition) is 2. The van der Waals surface area contributed by atoms with E-state index in [0.717, 1.165) is 34.2 Å². The maximum atomic E-state index is 12.0. The number of halogens is 1. The average molecular weight is 371 g/mol. The molecule has 2 aromatic carbocycles. The lowest BCUT2D eigenvalue weighted by Crippen LogP contribution is -2.13. The van der Waals surface area contributed by atoms with Gasteiger partial charge in [-0.25, -0.2) is 0 Å². The molecule has 128 valence electrons. The highest BCUT2D eigenvalue weighted by molar-refractivity contribution is 7.10. The fourth-order valence-corrected chi connectivity index (χ4v) is 3.41. The van der Waals surface area contributed by atoms with Crippen molar-refractivity contribution in [2.75, 3.05) is 17.2 Å². The molecule has 0 aliphatic carbocycles. The van der Waals surface area contributed by atoms with Gasteiger partial charge in [0.15, 0.2) is 0 Å². The van der Waals surface area contributed by atoms with Gasteiger partial charge in [0.05, 0.1) is 6.42 Å². The fraction of sp³-hybridized carbons (Fsp3) is 0.150. The van der Waals surface area contributed by atoms with Crippen LogP contribution in [0.4, 0.5) is 11.4 Å². The minimum absolute atomic E-state index is 0.00381. The first-order chi connectivity index (χ1) is 12.2. The van der Waals surface area contributed by atoms with Crippen molar-refractivity contribution < 1.29 is 4.79 Å². The van der Waals surface area contributed by atoms with Gasteiger partial charge in [-0.15, -0.1) is 11.3 Å². The van der Waals surface area contributed by atoms with E-state index in [-0.39, 0.29) is 5.91 Å². The number of amides is 1. The second-order valence-corrected chi connectivity index (χ2v) is 7.16. The highest BCUT2D eigenvalue weighted by atomic mass is 35.5. The Morgan fingerprint density at radius 1 is 1.00 bits per heavy atom. The predicted octanol–water partition coefficient (Wildman–Crippen LogP) is 5.24. The Hall–Kier alpha value is -2.30. The molecule has 1 aromatic heterocycles. The topological polar surface area (TPSA) is 41.1 Å². The molecular formula is C20H19ClN2OS. The van der Waals surface area contributed by atoms with Crippen molar-refractivity contribution in [2.24, 2.45) is 0 Å². The number of carbonyl (C=O) groups excluding carboxylic acids is 1. The van der Waals surface area contributed by atoms with E-state index >= 15 is 0 Å². The molecular weight excluding hydrogens is 352 g/mol. The Bertz CT molecular complexity index is 816. The van der Waals surface area contributed by atoms with Gasteiger partial charge >= 0.3 is 0 Å². The number of rotatable bonds is 7. The lowest BCUT2D eigenvalue weighted by Gasteiger charge is -2.09. The summed E-state index contributed by atoms with van der Waals surface area (Å²) in [6.45, 7) is 0.824. The summed E-state index contributed by atoms with van der Waals surface area (Å²) < 4.78 is 0. The Labute approximate surface area is 156 Å². The van der Waals surface area contributed by atoms with Crippen LogP contribution < -0.4 is 10.6 Å². The molecule has 3 nitrogen and oxygen atoms in total. The van der Waals surface area contributed by atoms with Gasteiger partial charge in [0.1, 0.15) is 0 Å². The van der Waals surface area contributed by atoms with Crippen LogP contribution in [0.15, 0.2) is 66.0 Å². The third kappa shape index (κ3) is 5.62. The molecule has 3 rings (SSSR count). The third-order valence-corrected chi connectivity index (χ3v) is 4.83. The summed E-state index contributed by atoms with van der Waals surface area (Å²) in [6.07, 6.45) is 1.32. The van der Waals surface area contributed by atoms with E-state index in [9.17, 15) is 4.79 Å². The Kier molecular flexibility index (Phi) is 6.09. The molecule has 0 unspecified atom stereocenters. The van der Waals surface area contributed by atoms with Gasteiger partial charge in [-0.1, -0.05) is 29.8 Å². The van der Waals surface area contributed by atoms with Gasteiger partial charge in [-0.05, 0) is 59.8 Å². The maximum Gasteiger partial charge on any atom is 0.229 e.